The average molecular weight is 939 g/mol. The van der Waals surface area contributed by atoms with E-state index in [1.165, 1.54) is 11.3 Å². The molecule has 358 valence electrons. The van der Waals surface area contributed by atoms with Crippen molar-refractivity contribution in [1.82, 2.24) is 25.2 Å². The monoisotopic (exact) mass is 938 g/mol. The number of allylic oxidation sites excluding steroid dienone is 1. The van der Waals surface area contributed by atoms with E-state index in [-0.39, 0.29) is 37.3 Å². The number of pyridine rings is 1. The first-order valence-corrected chi connectivity index (χ1v) is 25.7. The highest BCUT2D eigenvalue weighted by Crippen LogP contribution is 2.52. The number of nitrogens with one attached hydrogen (secondary N) is 3. The van der Waals surface area contributed by atoms with Crippen LogP contribution in [0.4, 0.5) is 10.5 Å². The molecule has 4 aliphatic carbocycles. The van der Waals surface area contributed by atoms with Crippen molar-refractivity contribution < 1.29 is 46.5 Å². The molecule has 10 atom stereocenters. The molecule has 0 bridgehead atoms. The van der Waals surface area contributed by atoms with Gasteiger partial charge >= 0.3 is 6.09 Å². The number of benzene rings is 2. The second-order valence-electron chi connectivity index (χ2n) is 20.2. The third kappa shape index (κ3) is 9.68. The van der Waals surface area contributed by atoms with Crippen LogP contribution in [-0.4, -0.2) is 117 Å². The maximum Gasteiger partial charge on any atom is 0.408 e. The van der Waals surface area contributed by atoms with E-state index in [4.69, 9.17) is 23.9 Å². The summed E-state index contributed by atoms with van der Waals surface area (Å²) < 4.78 is 52.3. The Morgan fingerprint density at radius 3 is 2.42 bits per heavy atom. The van der Waals surface area contributed by atoms with Gasteiger partial charge in [-0.3, -0.25) is 19.1 Å². The molecule has 3 aliphatic heterocycles. The number of nitrogens with zero attached hydrogens (tertiary/aromatic N) is 3. The van der Waals surface area contributed by atoms with Crippen LogP contribution in [0.15, 0.2) is 60.7 Å². The van der Waals surface area contributed by atoms with Gasteiger partial charge in [-0.1, -0.05) is 38.1 Å². The number of alkyl carbamates (subject to hydrolysis) is 1. The molecule has 7 aliphatic rings. The molecular weight excluding hydrogens is 877 g/mol. The first-order chi connectivity index (χ1) is 32.3. The number of morpholine rings is 1. The van der Waals surface area contributed by atoms with E-state index in [9.17, 15) is 22.8 Å². The van der Waals surface area contributed by atoms with Crippen LogP contribution in [0.3, 0.4) is 0 Å². The molecular formula is C50H62N6O10S. The highest BCUT2D eigenvalue weighted by Gasteiger charge is 2.62. The zero-order valence-corrected chi connectivity index (χ0v) is 39.3. The van der Waals surface area contributed by atoms with Gasteiger partial charge in [0.2, 0.25) is 27.7 Å². The van der Waals surface area contributed by atoms with Crippen molar-refractivity contribution >= 4 is 50.3 Å². The Bertz CT molecular complexity index is 2540. The minimum atomic E-state index is -3.93. The molecule has 3 aromatic rings. The van der Waals surface area contributed by atoms with Gasteiger partial charge in [0.15, 0.2) is 0 Å². The van der Waals surface area contributed by atoms with Gasteiger partial charge in [0.25, 0.3) is 5.91 Å². The maximum absolute atomic E-state index is 15.2. The van der Waals surface area contributed by atoms with E-state index >= 15 is 4.79 Å². The number of fused-ring (bicyclic) bond motifs is 4. The van der Waals surface area contributed by atoms with Gasteiger partial charge in [-0.25, -0.2) is 18.2 Å². The zero-order valence-electron chi connectivity index (χ0n) is 38.5. The average Bonchev–Trinajstić information content (AvgIpc) is 4.28. The minimum absolute atomic E-state index is 0.0285. The summed E-state index contributed by atoms with van der Waals surface area (Å²) in [6.07, 6.45) is 8.29. The Labute approximate surface area is 391 Å². The summed E-state index contributed by atoms with van der Waals surface area (Å²) in [5.74, 6) is -0.378. The molecule has 6 fully saturated rings. The maximum atomic E-state index is 15.2. The molecule has 10 rings (SSSR count). The van der Waals surface area contributed by atoms with Crippen LogP contribution in [-0.2, 0) is 33.9 Å². The first-order valence-electron chi connectivity index (χ1n) is 24.2. The van der Waals surface area contributed by atoms with Crippen LogP contribution < -0.4 is 29.7 Å². The number of hydrogen-bond donors (Lipinski definition) is 3. The van der Waals surface area contributed by atoms with E-state index in [0.717, 1.165) is 49.0 Å². The number of anilines is 1. The van der Waals surface area contributed by atoms with Crippen LogP contribution in [0.5, 0.6) is 11.6 Å². The highest BCUT2D eigenvalue weighted by atomic mass is 32.2. The third-order valence-corrected chi connectivity index (χ3v) is 17.0. The fourth-order valence-electron chi connectivity index (χ4n) is 11.0. The molecule has 0 spiro atoms. The fraction of sp³-hybridized carbons (Fsp3) is 0.580. The Balaban J connectivity index is 0.973. The second-order valence-corrected chi connectivity index (χ2v) is 22.1. The van der Waals surface area contributed by atoms with E-state index < -0.39 is 68.7 Å². The molecule has 2 unspecified atom stereocenters. The van der Waals surface area contributed by atoms with E-state index in [0.29, 0.717) is 73.4 Å². The quantitative estimate of drug-likeness (QED) is 0.217. The zero-order chi connectivity index (χ0) is 46.6. The molecule has 3 N–H and O–H groups in total. The van der Waals surface area contributed by atoms with Gasteiger partial charge in [0.1, 0.15) is 35.6 Å². The lowest BCUT2D eigenvalue weighted by Gasteiger charge is -2.33. The van der Waals surface area contributed by atoms with Crippen molar-refractivity contribution in [2.24, 2.45) is 29.6 Å². The summed E-state index contributed by atoms with van der Waals surface area (Å²) >= 11 is 0. The molecule has 1 aromatic heterocycles. The summed E-state index contributed by atoms with van der Waals surface area (Å²) in [5.41, 5.74) is 1.06. The second kappa shape index (κ2) is 18.2. The molecule has 4 heterocycles. The van der Waals surface area contributed by atoms with Crippen LogP contribution in [0, 0.1) is 29.6 Å². The van der Waals surface area contributed by atoms with Crippen LogP contribution in [0.2, 0.25) is 0 Å². The lowest BCUT2D eigenvalue weighted by atomic mass is 9.88. The first kappa shape index (κ1) is 45.4. The Kier molecular flexibility index (Phi) is 12.4. The van der Waals surface area contributed by atoms with Gasteiger partial charge in [-0.15, -0.1) is 0 Å². The summed E-state index contributed by atoms with van der Waals surface area (Å²) in [6, 6.07) is 13.6. The van der Waals surface area contributed by atoms with Crippen molar-refractivity contribution in [2.75, 3.05) is 44.9 Å². The largest absolute Gasteiger partial charge is 0.497 e. The standard InChI is InChI=1S/C50H62N6O10S/c1-29-6-4-5-7-35-27-50(35,48(59)54-67(61,62)40-13-14-40)53-45(57)43-26-39(28-56(43)47(58)44(30(2)20-29)52-49(60)66-38-22-32-21-33(32)23-38)65-46-41-15-12-37(63-3)24-34(41)25-42(51-46)31-8-10-36(11-9-31)55-16-18-64-19-17-55/h5,7-12,15,24-25,29-30,32-33,35,38-40,43-44H,4,6,13-14,16-23,26-28H2,1-3H3,(H,52,60)(H,53,57)(H,54,59)/b7-5-/t29-,30-,32-,33+,35?,38?,39-,43+,44+,50-/m1/s1. The summed E-state index contributed by atoms with van der Waals surface area (Å²) in [7, 11) is -2.32. The number of ether oxygens (including phenoxy) is 4. The molecule has 4 saturated carbocycles. The number of carbonyl (C=O) groups excluding carboxylic acids is 4. The van der Waals surface area contributed by atoms with E-state index in [2.05, 4.69) is 39.3 Å². The molecule has 17 heteroatoms. The number of aromatic nitrogens is 1. The number of amides is 4. The molecule has 67 heavy (non-hydrogen) atoms. The third-order valence-electron chi connectivity index (χ3n) is 15.2. The van der Waals surface area contributed by atoms with Crippen molar-refractivity contribution in [1.29, 1.82) is 0 Å². The fourth-order valence-corrected chi connectivity index (χ4v) is 12.3. The van der Waals surface area contributed by atoms with Gasteiger partial charge in [0, 0.05) is 42.1 Å². The SMILES string of the molecule is COc1ccc2c(O[C@@H]3C[C@H]4C(=O)N[C@]5(C(=O)NS(=O)(=O)C6CC6)CC5/C=C\CC[C@@H](C)C[C@@H](C)[C@H](NC(=O)OC5C[C@@H]6C[C@@H]6C5)C(=O)N4C3)nc(-c3ccc(N4CCOCC4)cc3)cc2c1. The molecule has 16 nitrogen and oxygen atoms in total. The number of carbonyl (C=O) groups is 4. The van der Waals surface area contributed by atoms with Crippen molar-refractivity contribution in [2.45, 2.75) is 113 Å². The predicted molar refractivity (Wildman–Crippen MR) is 250 cm³/mol. The number of hydrogen-bond acceptors (Lipinski definition) is 12. The number of methoxy groups -OCH3 is 1. The van der Waals surface area contributed by atoms with E-state index in [1.807, 2.05) is 55.5 Å². The van der Waals surface area contributed by atoms with Gasteiger partial charge in [-0.05, 0) is 123 Å². The van der Waals surface area contributed by atoms with Crippen molar-refractivity contribution in [3.63, 3.8) is 0 Å². The highest BCUT2D eigenvalue weighted by molar-refractivity contribution is 7.91. The van der Waals surface area contributed by atoms with Crippen molar-refractivity contribution in [3.8, 4) is 22.9 Å². The van der Waals surface area contributed by atoms with Gasteiger partial charge < -0.3 is 39.4 Å². The minimum Gasteiger partial charge on any atom is -0.497 e. The Morgan fingerprint density at radius 2 is 1.69 bits per heavy atom. The lowest BCUT2D eigenvalue weighted by Crippen LogP contribution is -2.59. The smallest absolute Gasteiger partial charge is 0.408 e. The summed E-state index contributed by atoms with van der Waals surface area (Å²) in [6.45, 7) is 6.97. The van der Waals surface area contributed by atoms with Gasteiger partial charge in [-0.2, -0.15) is 0 Å². The van der Waals surface area contributed by atoms with Crippen LogP contribution in [0.1, 0.15) is 78.1 Å². The van der Waals surface area contributed by atoms with Crippen LogP contribution >= 0.6 is 0 Å². The van der Waals surface area contributed by atoms with Crippen LogP contribution in [0.25, 0.3) is 22.0 Å². The topological polar surface area (TPSA) is 195 Å². The molecule has 0 radical (unpaired) electrons. The normalized spacial score (nSPS) is 32.4. The van der Waals surface area contributed by atoms with E-state index in [1.54, 1.807) is 7.11 Å². The number of rotatable bonds is 10. The molecule has 2 saturated heterocycles. The predicted octanol–water partition coefficient (Wildman–Crippen LogP) is 5.48. The number of sulfonamides is 1. The summed E-state index contributed by atoms with van der Waals surface area (Å²) in [4.78, 5) is 66.5. The Hall–Kier alpha value is -5.42. The Morgan fingerprint density at radius 1 is 0.925 bits per heavy atom. The molecule has 2 aromatic carbocycles. The van der Waals surface area contributed by atoms with Gasteiger partial charge in [0.05, 0.1) is 37.8 Å². The van der Waals surface area contributed by atoms with Crippen molar-refractivity contribution in [3.05, 3.63) is 60.7 Å². The summed E-state index contributed by atoms with van der Waals surface area (Å²) in [5, 5.41) is 6.77. The lowest BCUT2D eigenvalue weighted by molar-refractivity contribution is -0.142. The molecule has 4 amide bonds.